The molecule has 2 aromatic heterocycles. The Kier molecular flexibility index (Phi) is 3.05. The van der Waals surface area contributed by atoms with Gasteiger partial charge in [0.05, 0.1) is 17.6 Å². The predicted molar refractivity (Wildman–Crippen MR) is 59.6 cm³/mol. The molecule has 0 saturated heterocycles. The first-order chi connectivity index (χ1) is 8.08. The number of carbonyl (C=O) groups is 1. The lowest BCUT2D eigenvalue weighted by molar-refractivity contribution is -0.390. The van der Waals surface area contributed by atoms with E-state index in [1.54, 1.807) is 6.07 Å². The van der Waals surface area contributed by atoms with Gasteiger partial charge in [0.25, 0.3) is 0 Å². The fourth-order valence-corrected chi connectivity index (χ4v) is 1.71. The van der Waals surface area contributed by atoms with E-state index in [1.807, 2.05) is 0 Å². The van der Waals surface area contributed by atoms with E-state index in [0.717, 1.165) is 0 Å². The Morgan fingerprint density at radius 3 is 2.94 bits per heavy atom. The van der Waals surface area contributed by atoms with Crippen LogP contribution in [0.15, 0.2) is 33.5 Å². The zero-order valence-electron chi connectivity index (χ0n) is 8.37. The summed E-state index contributed by atoms with van der Waals surface area (Å²) >= 11 is 3.00. The Hall–Kier alpha value is -1.96. The molecule has 8 heteroatoms. The normalized spacial score (nSPS) is 10.4. The molecule has 0 radical (unpaired) electrons. The summed E-state index contributed by atoms with van der Waals surface area (Å²) < 4.78 is 6.33. The lowest BCUT2D eigenvalue weighted by Crippen LogP contribution is -2.10. The Morgan fingerprint density at radius 2 is 2.41 bits per heavy atom. The highest BCUT2D eigenvalue weighted by Crippen LogP contribution is 2.22. The first kappa shape index (κ1) is 11.5. The summed E-state index contributed by atoms with van der Waals surface area (Å²) in [4.78, 5) is 21.5. The van der Waals surface area contributed by atoms with E-state index in [4.69, 9.17) is 4.42 Å². The van der Waals surface area contributed by atoms with Crippen molar-refractivity contribution < 1.29 is 14.1 Å². The maximum Gasteiger partial charge on any atom is 0.404 e. The van der Waals surface area contributed by atoms with Gasteiger partial charge in [0, 0.05) is 0 Å². The van der Waals surface area contributed by atoms with E-state index < -0.39 is 4.92 Å². The summed E-state index contributed by atoms with van der Waals surface area (Å²) in [5.74, 6) is -0.434. The van der Waals surface area contributed by atoms with Crippen LogP contribution in [0.2, 0.25) is 0 Å². The first-order valence-corrected chi connectivity index (χ1v) is 5.31. The molecule has 2 rings (SSSR count). The molecule has 0 saturated carbocycles. The maximum absolute atomic E-state index is 11.6. The monoisotopic (exact) mass is 299 g/mol. The number of carbonyl (C=O) groups excluding carboxylic acids is 1. The van der Waals surface area contributed by atoms with Gasteiger partial charge in [-0.3, -0.25) is 4.79 Å². The number of nitrogens with zero attached hydrogens (tertiary/aromatic N) is 3. The van der Waals surface area contributed by atoms with Gasteiger partial charge in [-0.1, -0.05) is 0 Å². The van der Waals surface area contributed by atoms with E-state index in [1.165, 1.54) is 23.2 Å². The summed E-state index contributed by atoms with van der Waals surface area (Å²) in [6, 6.07) is 3.12. The summed E-state index contributed by atoms with van der Waals surface area (Å²) in [7, 11) is 0. The number of halogens is 1. The lowest BCUT2D eigenvalue weighted by Gasteiger charge is -1.93. The lowest BCUT2D eigenvalue weighted by atomic mass is 10.3. The standard InChI is InChI=1S/C9H6BrN3O4/c10-6-4-12(11-9(6)13(15)16)5-7(14)8-2-1-3-17-8/h1-4H,5H2. The Labute approximate surface area is 103 Å². The van der Waals surface area contributed by atoms with E-state index in [2.05, 4.69) is 21.0 Å². The minimum Gasteiger partial charge on any atom is -0.461 e. The molecule has 88 valence electrons. The average Bonchev–Trinajstić information content (AvgIpc) is 2.86. The molecule has 0 aliphatic carbocycles. The van der Waals surface area contributed by atoms with Crippen LogP contribution in [0.1, 0.15) is 10.6 Å². The molecule has 0 spiro atoms. The number of nitro groups is 1. The van der Waals surface area contributed by atoms with E-state index in [9.17, 15) is 14.9 Å². The quantitative estimate of drug-likeness (QED) is 0.489. The van der Waals surface area contributed by atoms with Crippen molar-refractivity contribution in [2.45, 2.75) is 6.54 Å². The molecule has 0 aromatic carbocycles. The van der Waals surface area contributed by atoms with Gasteiger partial charge in [0.1, 0.15) is 11.0 Å². The van der Waals surface area contributed by atoms with Crippen LogP contribution in [-0.2, 0) is 6.54 Å². The van der Waals surface area contributed by atoms with Gasteiger partial charge in [-0.15, -0.1) is 0 Å². The number of aromatic nitrogens is 2. The van der Waals surface area contributed by atoms with Gasteiger partial charge in [0.2, 0.25) is 5.78 Å². The van der Waals surface area contributed by atoms with Crippen molar-refractivity contribution in [1.82, 2.24) is 9.78 Å². The van der Waals surface area contributed by atoms with Crippen LogP contribution in [0.3, 0.4) is 0 Å². The zero-order valence-corrected chi connectivity index (χ0v) is 9.96. The van der Waals surface area contributed by atoms with Gasteiger partial charge >= 0.3 is 5.82 Å². The van der Waals surface area contributed by atoms with Crippen molar-refractivity contribution in [2.75, 3.05) is 0 Å². The van der Waals surface area contributed by atoms with Crippen LogP contribution in [-0.4, -0.2) is 20.5 Å². The highest BCUT2D eigenvalue weighted by atomic mass is 79.9. The number of Topliss-reactive ketones (excluding diaryl/α,β-unsaturated/α-hetero) is 1. The minimum atomic E-state index is -0.627. The van der Waals surface area contributed by atoms with Crippen LogP contribution < -0.4 is 0 Å². The molecule has 0 bridgehead atoms. The number of hydrogen-bond acceptors (Lipinski definition) is 5. The third-order valence-corrected chi connectivity index (χ3v) is 2.53. The summed E-state index contributed by atoms with van der Waals surface area (Å²) in [5, 5.41) is 14.2. The predicted octanol–water partition coefficient (Wildman–Crippen LogP) is 2.03. The molecule has 0 amide bonds. The van der Waals surface area contributed by atoms with Crippen molar-refractivity contribution in [1.29, 1.82) is 0 Å². The summed E-state index contributed by atoms with van der Waals surface area (Å²) in [5.41, 5.74) is 0. The molecule has 0 aliphatic rings. The second-order valence-electron chi connectivity index (χ2n) is 3.16. The fraction of sp³-hybridized carbons (Fsp3) is 0.111. The zero-order chi connectivity index (χ0) is 12.4. The number of rotatable bonds is 4. The molecule has 2 aromatic rings. The van der Waals surface area contributed by atoms with Gasteiger partial charge in [0.15, 0.2) is 5.76 Å². The van der Waals surface area contributed by atoms with E-state index in [0.29, 0.717) is 0 Å². The van der Waals surface area contributed by atoms with Crippen LogP contribution in [0.25, 0.3) is 0 Å². The summed E-state index contributed by atoms with van der Waals surface area (Å²) in [6.45, 7) is -0.111. The van der Waals surface area contributed by atoms with Crippen molar-refractivity contribution in [3.05, 3.63) is 44.9 Å². The molecule has 2 heterocycles. The van der Waals surface area contributed by atoms with Crippen LogP contribution in [0.4, 0.5) is 5.82 Å². The van der Waals surface area contributed by atoms with Gasteiger partial charge < -0.3 is 14.5 Å². The van der Waals surface area contributed by atoms with Crippen LogP contribution >= 0.6 is 15.9 Å². The third kappa shape index (κ3) is 2.41. The Morgan fingerprint density at radius 1 is 1.65 bits per heavy atom. The molecule has 17 heavy (non-hydrogen) atoms. The third-order valence-electron chi connectivity index (χ3n) is 1.97. The second-order valence-corrected chi connectivity index (χ2v) is 4.01. The molecule has 0 atom stereocenters. The SMILES string of the molecule is O=C(Cn1cc(Br)c([N+](=O)[O-])n1)c1ccco1. The van der Waals surface area contributed by atoms with Crippen molar-refractivity contribution in [3.8, 4) is 0 Å². The number of ketones is 1. The number of hydrogen-bond donors (Lipinski definition) is 0. The molecule has 7 nitrogen and oxygen atoms in total. The highest BCUT2D eigenvalue weighted by molar-refractivity contribution is 9.10. The van der Waals surface area contributed by atoms with Crippen molar-refractivity contribution >= 4 is 27.5 Å². The van der Waals surface area contributed by atoms with E-state index in [-0.39, 0.29) is 28.4 Å². The molecule has 0 unspecified atom stereocenters. The topological polar surface area (TPSA) is 91.2 Å². The van der Waals surface area contributed by atoms with E-state index >= 15 is 0 Å². The van der Waals surface area contributed by atoms with Gasteiger partial charge in [-0.05, 0) is 33.0 Å². The van der Waals surface area contributed by atoms with Crippen molar-refractivity contribution in [3.63, 3.8) is 0 Å². The molecule has 0 N–H and O–H groups in total. The maximum atomic E-state index is 11.6. The first-order valence-electron chi connectivity index (χ1n) is 4.52. The smallest absolute Gasteiger partial charge is 0.404 e. The highest BCUT2D eigenvalue weighted by Gasteiger charge is 2.20. The summed E-state index contributed by atoms with van der Waals surface area (Å²) in [6.07, 6.45) is 2.76. The minimum absolute atomic E-state index is 0.111. The molecular formula is C9H6BrN3O4. The Bertz CT molecular complexity index is 561. The molecular weight excluding hydrogens is 294 g/mol. The van der Waals surface area contributed by atoms with Crippen LogP contribution in [0, 0.1) is 10.1 Å². The second kappa shape index (κ2) is 4.50. The number of furan rings is 1. The molecule has 0 aliphatic heterocycles. The molecule has 0 fully saturated rings. The van der Waals surface area contributed by atoms with Crippen LogP contribution in [0.5, 0.6) is 0 Å². The van der Waals surface area contributed by atoms with Gasteiger partial charge in [-0.25, -0.2) is 0 Å². The average molecular weight is 300 g/mol. The fourth-order valence-electron chi connectivity index (χ4n) is 1.25. The largest absolute Gasteiger partial charge is 0.461 e. The van der Waals surface area contributed by atoms with Gasteiger partial charge in [-0.2, -0.15) is 4.68 Å². The Balaban J connectivity index is 2.17. The van der Waals surface area contributed by atoms with Crippen molar-refractivity contribution in [2.24, 2.45) is 0 Å².